The number of ether oxygens (including phenoxy) is 3. The molecule has 7 atom stereocenters. The van der Waals surface area contributed by atoms with E-state index in [0.29, 0.717) is 19.4 Å². The Balaban J connectivity index is 2.08. The Kier molecular flexibility index (Phi) is 45.2. The van der Waals surface area contributed by atoms with Gasteiger partial charge in [-0.25, -0.2) is 0 Å². The second-order valence-electron chi connectivity index (χ2n) is 20.4. The van der Waals surface area contributed by atoms with Crippen LogP contribution < -0.4 is 5.32 Å². The maximum Gasteiger partial charge on any atom is 0.305 e. The molecule has 0 saturated carbocycles. The molecule has 0 spiro atoms. The van der Waals surface area contributed by atoms with Gasteiger partial charge >= 0.3 is 5.97 Å². The molecule has 1 aliphatic heterocycles. The Morgan fingerprint density at radius 3 is 1.37 bits per heavy atom. The zero-order valence-corrected chi connectivity index (χ0v) is 44.1. The molecule has 11 heteroatoms. The lowest BCUT2D eigenvalue weighted by Gasteiger charge is -2.40. The summed E-state index contributed by atoms with van der Waals surface area (Å²) in [5.41, 5.74) is 0. The van der Waals surface area contributed by atoms with Gasteiger partial charge in [-0.3, -0.25) is 9.59 Å². The Labute approximate surface area is 417 Å². The monoisotopic (exact) mass is 968 g/mol. The van der Waals surface area contributed by atoms with E-state index in [4.69, 9.17) is 14.2 Å². The predicted molar refractivity (Wildman–Crippen MR) is 278 cm³/mol. The highest BCUT2D eigenvalue weighted by atomic mass is 16.7. The van der Waals surface area contributed by atoms with Gasteiger partial charge in [0.15, 0.2) is 6.29 Å². The van der Waals surface area contributed by atoms with Gasteiger partial charge in [-0.15, -0.1) is 0 Å². The summed E-state index contributed by atoms with van der Waals surface area (Å²) in [4.78, 5) is 25.0. The van der Waals surface area contributed by atoms with Crippen molar-refractivity contribution in [2.24, 2.45) is 0 Å². The number of unbranched alkanes of at least 4 members (excludes halogenated alkanes) is 36. The molecule has 6 N–H and O–H groups in total. The van der Waals surface area contributed by atoms with E-state index in [-0.39, 0.29) is 18.5 Å². The zero-order valence-electron chi connectivity index (χ0n) is 44.1. The average molecular weight is 968 g/mol. The van der Waals surface area contributed by atoms with E-state index >= 15 is 0 Å². The predicted octanol–water partition coefficient (Wildman–Crippen LogP) is 12.8. The normalized spacial score (nSPS) is 19.4. The highest BCUT2D eigenvalue weighted by molar-refractivity contribution is 5.76. The Morgan fingerprint density at radius 1 is 0.529 bits per heavy atom. The number of rotatable bonds is 50. The molecule has 0 aromatic heterocycles. The number of hydrogen-bond donors (Lipinski definition) is 6. The van der Waals surface area contributed by atoms with Gasteiger partial charge in [-0.05, 0) is 32.1 Å². The quantitative estimate of drug-likeness (QED) is 0.0196. The Morgan fingerprint density at radius 2 is 0.926 bits per heavy atom. The van der Waals surface area contributed by atoms with Gasteiger partial charge in [-0.1, -0.05) is 244 Å². The van der Waals surface area contributed by atoms with Crippen LogP contribution in [0.5, 0.6) is 0 Å². The molecule has 0 radical (unpaired) electrons. The van der Waals surface area contributed by atoms with Gasteiger partial charge in [0.25, 0.3) is 0 Å². The van der Waals surface area contributed by atoms with E-state index in [0.717, 1.165) is 64.2 Å². The number of amides is 1. The molecule has 1 heterocycles. The molecular weight excluding hydrogens is 859 g/mol. The number of esters is 1. The van der Waals surface area contributed by atoms with Crippen LogP contribution in [0.15, 0.2) is 12.2 Å². The van der Waals surface area contributed by atoms with Gasteiger partial charge in [-0.2, -0.15) is 0 Å². The lowest BCUT2D eigenvalue weighted by molar-refractivity contribution is -0.302. The largest absolute Gasteiger partial charge is 0.466 e. The van der Waals surface area contributed by atoms with E-state index in [9.17, 15) is 35.1 Å². The highest BCUT2D eigenvalue weighted by Crippen LogP contribution is 2.23. The van der Waals surface area contributed by atoms with E-state index in [2.05, 4.69) is 19.2 Å². The number of aliphatic hydroxyl groups excluding tert-OH is 5. The van der Waals surface area contributed by atoms with E-state index < -0.39 is 49.5 Å². The molecule has 1 amide bonds. The van der Waals surface area contributed by atoms with Gasteiger partial charge < -0.3 is 45.1 Å². The summed E-state index contributed by atoms with van der Waals surface area (Å²) in [6, 6.07) is -0.811. The van der Waals surface area contributed by atoms with Crippen molar-refractivity contribution in [1.82, 2.24) is 5.32 Å². The first-order valence-corrected chi connectivity index (χ1v) is 29.0. The maximum absolute atomic E-state index is 13.0. The second-order valence-corrected chi connectivity index (χ2v) is 20.4. The average Bonchev–Trinajstić information content (AvgIpc) is 3.33. The van der Waals surface area contributed by atoms with Crippen molar-refractivity contribution >= 4 is 11.9 Å². The number of allylic oxidation sites excluding steroid dienone is 1. The SMILES string of the molecule is CCCCCCCCCCC/C=C/C(O)C(COC1OC(CO)C(O)C(O)C1O)NC(=O)CCCCCCCCCCCCCCCCCCCCOC(=O)CCCCCCCCCCCCC. The van der Waals surface area contributed by atoms with Gasteiger partial charge in [0.2, 0.25) is 5.91 Å². The molecule has 0 bridgehead atoms. The summed E-state index contributed by atoms with van der Waals surface area (Å²) in [7, 11) is 0. The van der Waals surface area contributed by atoms with Crippen molar-refractivity contribution in [3.05, 3.63) is 12.2 Å². The minimum absolute atomic E-state index is 0.00850. The fraction of sp³-hybridized carbons (Fsp3) is 0.930. The van der Waals surface area contributed by atoms with Crippen LogP contribution in [0.25, 0.3) is 0 Å². The van der Waals surface area contributed by atoms with E-state index in [1.54, 1.807) is 6.08 Å². The number of carbonyl (C=O) groups excluding carboxylic acids is 2. The third-order valence-corrected chi connectivity index (χ3v) is 13.9. The van der Waals surface area contributed by atoms with Crippen molar-refractivity contribution in [2.75, 3.05) is 19.8 Å². The van der Waals surface area contributed by atoms with Crippen molar-refractivity contribution in [3.8, 4) is 0 Å². The van der Waals surface area contributed by atoms with E-state index in [1.807, 2.05) is 6.08 Å². The number of hydrogen-bond acceptors (Lipinski definition) is 10. The first-order chi connectivity index (χ1) is 33.2. The van der Waals surface area contributed by atoms with Crippen LogP contribution in [0.3, 0.4) is 0 Å². The topological polar surface area (TPSA) is 175 Å². The van der Waals surface area contributed by atoms with Crippen LogP contribution >= 0.6 is 0 Å². The maximum atomic E-state index is 13.0. The fourth-order valence-electron chi connectivity index (χ4n) is 9.26. The summed E-state index contributed by atoms with van der Waals surface area (Å²) in [6.45, 7) is 4.32. The van der Waals surface area contributed by atoms with Gasteiger partial charge in [0.1, 0.15) is 24.4 Å². The summed E-state index contributed by atoms with van der Waals surface area (Å²) < 4.78 is 16.7. The molecule has 1 aliphatic rings. The van der Waals surface area contributed by atoms with Crippen LogP contribution in [-0.2, 0) is 23.8 Å². The molecule has 1 rings (SSSR count). The van der Waals surface area contributed by atoms with Crippen molar-refractivity contribution in [1.29, 1.82) is 0 Å². The summed E-state index contributed by atoms with van der Waals surface area (Å²) in [6.07, 6.45) is 44.4. The van der Waals surface area contributed by atoms with Crippen LogP contribution in [0.2, 0.25) is 0 Å². The zero-order chi connectivity index (χ0) is 49.6. The number of carbonyl (C=O) groups is 2. The summed E-state index contributed by atoms with van der Waals surface area (Å²) in [5.74, 6) is -0.194. The highest BCUT2D eigenvalue weighted by Gasteiger charge is 2.44. The molecule has 0 aromatic rings. The number of nitrogens with one attached hydrogen (secondary N) is 1. The molecule has 402 valence electrons. The van der Waals surface area contributed by atoms with Gasteiger partial charge in [0, 0.05) is 12.8 Å². The Bertz CT molecular complexity index is 1140. The lowest BCUT2D eigenvalue weighted by atomic mass is 9.99. The standard InChI is InChI=1S/C57H109NO10/c1-3-5-7-9-11-13-23-27-31-35-39-43-50(60)49(48-67-57-56(65)55(64)54(63)51(47-59)68-57)58-52(61)44-40-36-32-28-25-21-19-17-15-16-18-20-22-26-30-34-38-42-46-66-53(62)45-41-37-33-29-24-14-12-10-8-6-4-2/h39,43,49-51,54-57,59-60,63-65H,3-38,40-42,44-48H2,1-2H3,(H,58,61)/b43-39+. The number of aliphatic hydroxyl groups is 5. The smallest absolute Gasteiger partial charge is 0.305 e. The molecule has 0 aliphatic carbocycles. The first-order valence-electron chi connectivity index (χ1n) is 29.0. The molecular formula is C57H109NO10. The molecule has 1 saturated heterocycles. The molecule has 68 heavy (non-hydrogen) atoms. The molecule has 11 nitrogen and oxygen atoms in total. The molecule has 7 unspecified atom stereocenters. The van der Waals surface area contributed by atoms with Crippen molar-refractivity contribution in [2.45, 2.75) is 320 Å². The molecule has 0 aromatic carbocycles. The van der Waals surface area contributed by atoms with Crippen LogP contribution in [-0.4, -0.2) is 100 Å². The third kappa shape index (κ3) is 37.2. The minimum Gasteiger partial charge on any atom is -0.466 e. The minimum atomic E-state index is -1.57. The Hall–Kier alpha value is -1.60. The molecule has 1 fully saturated rings. The van der Waals surface area contributed by atoms with Gasteiger partial charge in [0.05, 0.1) is 32.0 Å². The van der Waals surface area contributed by atoms with E-state index in [1.165, 1.54) is 186 Å². The van der Waals surface area contributed by atoms with Crippen LogP contribution in [0, 0.1) is 0 Å². The summed E-state index contributed by atoms with van der Waals surface area (Å²) in [5, 5.41) is 54.3. The first kappa shape index (κ1) is 64.4. The van der Waals surface area contributed by atoms with Crippen molar-refractivity contribution < 1.29 is 49.3 Å². The third-order valence-electron chi connectivity index (χ3n) is 13.9. The second kappa shape index (κ2) is 47.7. The van der Waals surface area contributed by atoms with Crippen LogP contribution in [0.1, 0.15) is 277 Å². The van der Waals surface area contributed by atoms with Crippen molar-refractivity contribution in [3.63, 3.8) is 0 Å². The lowest BCUT2D eigenvalue weighted by Crippen LogP contribution is -2.60. The summed E-state index contributed by atoms with van der Waals surface area (Å²) >= 11 is 0. The van der Waals surface area contributed by atoms with Crippen LogP contribution in [0.4, 0.5) is 0 Å². The fourth-order valence-corrected chi connectivity index (χ4v) is 9.26.